The van der Waals surface area contributed by atoms with E-state index in [-0.39, 0.29) is 5.97 Å². The van der Waals surface area contributed by atoms with Crippen molar-refractivity contribution in [3.05, 3.63) is 65.9 Å². The Balaban J connectivity index is 2.26. The molecule has 2 aromatic carbocycles. The summed E-state index contributed by atoms with van der Waals surface area (Å²) in [6.07, 6.45) is 1.67. The maximum absolute atomic E-state index is 12.2. The molecule has 0 heterocycles. The molecule has 0 aliphatic rings. The second-order valence-corrected chi connectivity index (χ2v) is 5.02. The first-order valence-corrected chi connectivity index (χ1v) is 7.49. The average Bonchev–Trinajstić information content (AvgIpc) is 2.57. The smallest absolute Gasteiger partial charge is 0.340 e. The molecule has 4 heteroatoms. The third-order valence-corrected chi connectivity index (χ3v) is 3.33. The van der Waals surface area contributed by atoms with Crippen LogP contribution in [0.15, 0.2) is 54.7 Å². The van der Waals surface area contributed by atoms with Crippen molar-refractivity contribution in [1.29, 1.82) is 0 Å². The molecule has 0 atom stereocenters. The molecular weight excluding hydrogens is 290 g/mol. The Morgan fingerprint density at radius 3 is 2.30 bits per heavy atom. The number of benzene rings is 2. The maximum Gasteiger partial charge on any atom is 0.340 e. The Hall–Kier alpha value is -2.75. The van der Waals surface area contributed by atoms with Crippen LogP contribution >= 0.6 is 0 Å². The third-order valence-electron chi connectivity index (χ3n) is 3.33. The number of methoxy groups -OCH3 is 1. The molecular formula is C19H21NO3. The highest BCUT2D eigenvalue weighted by atomic mass is 16.5. The summed E-state index contributed by atoms with van der Waals surface area (Å²) in [6, 6.07) is 15.2. The minimum Gasteiger partial charge on any atom is -0.497 e. The van der Waals surface area contributed by atoms with E-state index in [9.17, 15) is 4.79 Å². The van der Waals surface area contributed by atoms with Crippen LogP contribution in [0, 0.1) is 6.92 Å². The van der Waals surface area contributed by atoms with E-state index in [1.165, 1.54) is 5.56 Å². The van der Waals surface area contributed by atoms with Gasteiger partial charge in [-0.3, -0.25) is 0 Å². The lowest BCUT2D eigenvalue weighted by atomic mass is 10.1. The Morgan fingerprint density at radius 1 is 1.09 bits per heavy atom. The lowest BCUT2D eigenvalue weighted by Gasteiger charge is -2.09. The molecule has 1 N–H and O–H groups in total. The van der Waals surface area contributed by atoms with Crippen molar-refractivity contribution in [2.24, 2.45) is 0 Å². The molecule has 0 spiro atoms. The van der Waals surface area contributed by atoms with Crippen LogP contribution in [0.3, 0.4) is 0 Å². The largest absolute Gasteiger partial charge is 0.497 e. The molecule has 0 amide bonds. The first-order chi connectivity index (χ1) is 11.1. The summed E-state index contributed by atoms with van der Waals surface area (Å²) < 4.78 is 10.3. The van der Waals surface area contributed by atoms with Gasteiger partial charge in [-0.25, -0.2) is 4.79 Å². The van der Waals surface area contributed by atoms with Gasteiger partial charge in [0.05, 0.1) is 19.3 Å². The van der Waals surface area contributed by atoms with Gasteiger partial charge in [-0.1, -0.05) is 29.8 Å². The molecule has 2 rings (SSSR count). The van der Waals surface area contributed by atoms with Gasteiger partial charge in [0, 0.05) is 11.9 Å². The van der Waals surface area contributed by atoms with Gasteiger partial charge in [-0.15, -0.1) is 0 Å². The van der Waals surface area contributed by atoms with Crippen molar-refractivity contribution < 1.29 is 14.3 Å². The molecule has 0 radical (unpaired) electrons. The number of nitrogens with one attached hydrogen (secondary N) is 1. The van der Waals surface area contributed by atoms with E-state index in [1.807, 2.05) is 55.5 Å². The molecule has 0 aromatic heterocycles. The normalized spacial score (nSPS) is 11.0. The number of rotatable bonds is 6. The Kier molecular flexibility index (Phi) is 5.80. The molecule has 0 unspecified atom stereocenters. The molecule has 0 aliphatic heterocycles. The molecule has 120 valence electrons. The lowest BCUT2D eigenvalue weighted by molar-refractivity contribution is -0.136. The zero-order chi connectivity index (χ0) is 16.7. The van der Waals surface area contributed by atoms with Crippen LogP contribution in [0.25, 0.3) is 5.57 Å². The van der Waals surface area contributed by atoms with Crippen LogP contribution in [0.4, 0.5) is 5.69 Å². The number of hydrogen-bond acceptors (Lipinski definition) is 4. The molecule has 0 saturated heterocycles. The van der Waals surface area contributed by atoms with Crippen LogP contribution < -0.4 is 10.1 Å². The van der Waals surface area contributed by atoms with Gasteiger partial charge >= 0.3 is 5.97 Å². The standard InChI is InChI=1S/C19H21NO3/c1-4-23-19(21)18(15-7-11-17(22-3)12-8-15)13-20-16-9-5-14(2)6-10-16/h5-13,20H,4H2,1-3H3/b18-13-. The third kappa shape index (κ3) is 4.61. The van der Waals surface area contributed by atoms with Crippen LogP contribution in [0.1, 0.15) is 18.1 Å². The number of ether oxygens (including phenoxy) is 2. The molecule has 4 nitrogen and oxygen atoms in total. The lowest BCUT2D eigenvalue weighted by Crippen LogP contribution is -2.08. The van der Waals surface area contributed by atoms with Crippen molar-refractivity contribution in [2.75, 3.05) is 19.0 Å². The van der Waals surface area contributed by atoms with E-state index in [1.54, 1.807) is 20.2 Å². The minimum absolute atomic E-state index is 0.330. The zero-order valence-corrected chi connectivity index (χ0v) is 13.6. The highest BCUT2D eigenvalue weighted by molar-refractivity contribution is 6.16. The van der Waals surface area contributed by atoms with E-state index < -0.39 is 0 Å². The van der Waals surface area contributed by atoms with Crippen molar-refractivity contribution in [3.63, 3.8) is 0 Å². The van der Waals surface area contributed by atoms with Crippen molar-refractivity contribution in [2.45, 2.75) is 13.8 Å². The summed E-state index contributed by atoms with van der Waals surface area (Å²) in [4.78, 5) is 12.2. The summed E-state index contributed by atoms with van der Waals surface area (Å²) in [6.45, 7) is 4.15. The number of aryl methyl sites for hydroxylation is 1. The van der Waals surface area contributed by atoms with Crippen molar-refractivity contribution in [3.8, 4) is 5.75 Å². The zero-order valence-electron chi connectivity index (χ0n) is 13.6. The van der Waals surface area contributed by atoms with Crippen LogP contribution in [0.2, 0.25) is 0 Å². The van der Waals surface area contributed by atoms with Gasteiger partial charge in [-0.2, -0.15) is 0 Å². The fraction of sp³-hybridized carbons (Fsp3) is 0.211. The Labute approximate surface area is 136 Å². The predicted octanol–water partition coefficient (Wildman–Crippen LogP) is 4.02. The molecule has 0 aliphatic carbocycles. The van der Waals surface area contributed by atoms with Gasteiger partial charge in [0.1, 0.15) is 5.75 Å². The molecule has 0 bridgehead atoms. The molecule has 0 saturated carbocycles. The molecule has 0 fully saturated rings. The monoisotopic (exact) mass is 311 g/mol. The van der Waals surface area contributed by atoms with Crippen LogP contribution in [-0.4, -0.2) is 19.7 Å². The SMILES string of the molecule is CCOC(=O)/C(=C\Nc1ccc(C)cc1)c1ccc(OC)cc1. The number of hydrogen-bond donors (Lipinski definition) is 1. The minimum atomic E-state index is -0.364. The first-order valence-electron chi connectivity index (χ1n) is 7.49. The Bertz CT molecular complexity index is 673. The van der Waals surface area contributed by atoms with E-state index >= 15 is 0 Å². The van der Waals surface area contributed by atoms with Crippen molar-refractivity contribution >= 4 is 17.2 Å². The van der Waals surface area contributed by atoms with Gasteiger partial charge < -0.3 is 14.8 Å². The fourth-order valence-corrected chi connectivity index (χ4v) is 2.04. The fourth-order valence-electron chi connectivity index (χ4n) is 2.04. The number of esters is 1. The second-order valence-electron chi connectivity index (χ2n) is 5.02. The first kappa shape index (κ1) is 16.6. The average molecular weight is 311 g/mol. The van der Waals surface area contributed by atoms with Crippen LogP contribution in [0.5, 0.6) is 5.75 Å². The maximum atomic E-state index is 12.2. The quantitative estimate of drug-likeness (QED) is 0.646. The number of carbonyl (C=O) groups excluding carboxylic acids is 1. The van der Waals surface area contributed by atoms with E-state index in [0.717, 1.165) is 17.0 Å². The van der Waals surface area contributed by atoms with Crippen LogP contribution in [-0.2, 0) is 9.53 Å². The summed E-state index contributed by atoms with van der Waals surface area (Å²) >= 11 is 0. The Morgan fingerprint density at radius 2 is 1.74 bits per heavy atom. The molecule has 23 heavy (non-hydrogen) atoms. The topological polar surface area (TPSA) is 47.6 Å². The number of carbonyl (C=O) groups is 1. The van der Waals surface area contributed by atoms with Gasteiger partial charge in [-0.05, 0) is 43.7 Å². The highest BCUT2D eigenvalue weighted by Gasteiger charge is 2.13. The van der Waals surface area contributed by atoms with E-state index in [4.69, 9.17) is 9.47 Å². The summed E-state index contributed by atoms with van der Waals surface area (Å²) in [5.74, 6) is 0.376. The second kappa shape index (κ2) is 8.03. The predicted molar refractivity (Wildman–Crippen MR) is 92.4 cm³/mol. The van der Waals surface area contributed by atoms with E-state index in [2.05, 4.69) is 5.32 Å². The van der Waals surface area contributed by atoms with Gasteiger partial charge in [0.2, 0.25) is 0 Å². The summed E-state index contributed by atoms with van der Waals surface area (Å²) in [7, 11) is 1.61. The summed E-state index contributed by atoms with van der Waals surface area (Å²) in [5, 5.41) is 3.14. The highest BCUT2D eigenvalue weighted by Crippen LogP contribution is 2.20. The summed E-state index contributed by atoms with van der Waals surface area (Å²) in [5.41, 5.74) is 3.32. The van der Waals surface area contributed by atoms with Gasteiger partial charge in [0.15, 0.2) is 0 Å². The van der Waals surface area contributed by atoms with Gasteiger partial charge in [0.25, 0.3) is 0 Å². The van der Waals surface area contributed by atoms with Crippen molar-refractivity contribution in [1.82, 2.24) is 0 Å². The number of anilines is 1. The van der Waals surface area contributed by atoms with E-state index in [0.29, 0.717) is 12.2 Å². The molecule has 2 aromatic rings.